The van der Waals surface area contributed by atoms with E-state index in [4.69, 9.17) is 0 Å². The zero-order chi connectivity index (χ0) is 12.1. The first-order chi connectivity index (χ1) is 8.29. The normalized spacial score (nSPS) is 13.5. The van der Waals surface area contributed by atoms with Gasteiger partial charge in [-0.3, -0.25) is 4.79 Å². The third kappa shape index (κ3) is 3.50. The first-order valence-corrected chi connectivity index (χ1v) is 6.91. The van der Waals surface area contributed by atoms with Crippen molar-refractivity contribution in [1.82, 2.24) is 5.32 Å². The summed E-state index contributed by atoms with van der Waals surface area (Å²) in [7, 11) is 0. The van der Waals surface area contributed by atoms with Crippen LogP contribution in [0.15, 0.2) is 18.2 Å². The molecule has 1 aromatic carbocycles. The Morgan fingerprint density at radius 1 is 1.29 bits per heavy atom. The summed E-state index contributed by atoms with van der Waals surface area (Å²) in [6.45, 7) is 0.728. The van der Waals surface area contributed by atoms with Crippen LogP contribution >= 0.6 is 12.6 Å². The van der Waals surface area contributed by atoms with Crippen LogP contribution in [0.3, 0.4) is 0 Å². The summed E-state index contributed by atoms with van der Waals surface area (Å²) in [4.78, 5) is 11.3. The van der Waals surface area contributed by atoms with Crippen LogP contribution in [0.25, 0.3) is 0 Å². The molecule has 1 N–H and O–H groups in total. The van der Waals surface area contributed by atoms with Crippen LogP contribution in [0.1, 0.15) is 29.5 Å². The molecule has 0 atom stereocenters. The maximum Gasteiger partial charge on any atom is 0.220 e. The molecular formula is C14H19NOS. The lowest BCUT2D eigenvalue weighted by Gasteiger charge is -2.06. The number of fused-ring (bicyclic) bond motifs is 1. The number of nitrogens with one attached hydrogen (secondary N) is 1. The molecule has 0 bridgehead atoms. The van der Waals surface area contributed by atoms with Crippen molar-refractivity contribution in [2.75, 3.05) is 12.3 Å². The Morgan fingerprint density at radius 2 is 2.12 bits per heavy atom. The number of thiol groups is 1. The quantitative estimate of drug-likeness (QED) is 0.769. The van der Waals surface area contributed by atoms with E-state index in [1.165, 1.54) is 36.0 Å². The topological polar surface area (TPSA) is 29.1 Å². The van der Waals surface area contributed by atoms with E-state index >= 15 is 0 Å². The molecule has 2 rings (SSSR count). The highest BCUT2D eigenvalue weighted by Crippen LogP contribution is 2.22. The third-order valence-corrected chi connectivity index (χ3v) is 3.46. The minimum absolute atomic E-state index is 0.0983. The van der Waals surface area contributed by atoms with Crippen molar-refractivity contribution in [3.63, 3.8) is 0 Å². The smallest absolute Gasteiger partial charge is 0.220 e. The number of hydrogen-bond acceptors (Lipinski definition) is 2. The molecule has 1 aliphatic carbocycles. The first kappa shape index (κ1) is 12.5. The van der Waals surface area contributed by atoms with E-state index in [-0.39, 0.29) is 5.91 Å². The number of carbonyl (C=O) groups excluding carboxylic acids is 1. The average Bonchev–Trinajstić information content (AvgIpc) is 2.76. The Hall–Kier alpha value is -0.960. The van der Waals surface area contributed by atoms with E-state index < -0.39 is 0 Å². The van der Waals surface area contributed by atoms with Gasteiger partial charge in [0.25, 0.3) is 0 Å². The van der Waals surface area contributed by atoms with Gasteiger partial charge in [0.05, 0.1) is 0 Å². The van der Waals surface area contributed by atoms with Crippen LogP contribution < -0.4 is 5.32 Å². The Balaban J connectivity index is 1.81. The maximum atomic E-state index is 11.3. The van der Waals surface area contributed by atoms with Gasteiger partial charge in [0.1, 0.15) is 0 Å². The zero-order valence-corrected chi connectivity index (χ0v) is 10.9. The Morgan fingerprint density at radius 3 is 2.94 bits per heavy atom. The van der Waals surface area contributed by atoms with Gasteiger partial charge in [0.15, 0.2) is 0 Å². The molecule has 0 saturated heterocycles. The van der Waals surface area contributed by atoms with Crippen LogP contribution in [0.2, 0.25) is 0 Å². The second-order valence-corrected chi connectivity index (χ2v) is 4.98. The van der Waals surface area contributed by atoms with Gasteiger partial charge in [0.2, 0.25) is 5.91 Å². The molecule has 0 heterocycles. The second kappa shape index (κ2) is 6.10. The average molecular weight is 249 g/mol. The van der Waals surface area contributed by atoms with Crippen molar-refractivity contribution >= 4 is 18.5 Å². The summed E-state index contributed by atoms with van der Waals surface area (Å²) in [5.74, 6) is 0.714. The van der Waals surface area contributed by atoms with Gasteiger partial charge in [-0.05, 0) is 48.1 Å². The van der Waals surface area contributed by atoms with Crippen molar-refractivity contribution in [3.8, 4) is 0 Å². The predicted molar refractivity (Wildman–Crippen MR) is 73.7 cm³/mol. The lowest BCUT2D eigenvalue weighted by molar-refractivity contribution is -0.120. The molecule has 0 saturated carbocycles. The minimum atomic E-state index is 0.0983. The molecule has 1 aromatic rings. The molecule has 0 aliphatic heterocycles. The van der Waals surface area contributed by atoms with E-state index in [0.717, 1.165) is 13.0 Å². The Bertz CT molecular complexity index is 403. The number of benzene rings is 1. The van der Waals surface area contributed by atoms with Crippen molar-refractivity contribution in [2.24, 2.45) is 0 Å². The minimum Gasteiger partial charge on any atom is -0.356 e. The lowest BCUT2D eigenvalue weighted by atomic mass is 10.0. The number of hydrogen-bond donors (Lipinski definition) is 2. The van der Waals surface area contributed by atoms with E-state index in [1.54, 1.807) is 0 Å². The molecule has 3 heteroatoms. The van der Waals surface area contributed by atoms with Crippen LogP contribution in [0, 0.1) is 0 Å². The van der Waals surface area contributed by atoms with Gasteiger partial charge in [-0.1, -0.05) is 18.2 Å². The first-order valence-electron chi connectivity index (χ1n) is 6.28. The SMILES string of the molecule is O=C(CCS)NCCc1ccc2c(c1)CCC2. The Labute approximate surface area is 108 Å². The summed E-state index contributed by atoms with van der Waals surface area (Å²) < 4.78 is 0. The summed E-state index contributed by atoms with van der Waals surface area (Å²) in [6, 6.07) is 6.73. The van der Waals surface area contributed by atoms with Gasteiger partial charge >= 0.3 is 0 Å². The molecular weight excluding hydrogens is 230 g/mol. The van der Waals surface area contributed by atoms with Crippen LogP contribution in [-0.4, -0.2) is 18.2 Å². The molecule has 0 aromatic heterocycles. The fraction of sp³-hybridized carbons (Fsp3) is 0.500. The standard InChI is InChI=1S/C14H19NOS/c16-14(7-9-17)15-8-6-11-4-5-12-2-1-3-13(12)10-11/h4-5,10,17H,1-3,6-9H2,(H,15,16). The molecule has 0 radical (unpaired) electrons. The molecule has 17 heavy (non-hydrogen) atoms. The summed E-state index contributed by atoms with van der Waals surface area (Å²) in [5, 5.41) is 2.91. The van der Waals surface area contributed by atoms with Crippen LogP contribution in [0.4, 0.5) is 0 Å². The number of carbonyl (C=O) groups is 1. The summed E-state index contributed by atoms with van der Waals surface area (Å²) >= 11 is 4.04. The molecule has 2 nitrogen and oxygen atoms in total. The van der Waals surface area contributed by atoms with Crippen molar-refractivity contribution < 1.29 is 4.79 Å². The van der Waals surface area contributed by atoms with Gasteiger partial charge in [0, 0.05) is 13.0 Å². The molecule has 0 unspecified atom stereocenters. The van der Waals surface area contributed by atoms with E-state index in [9.17, 15) is 4.79 Å². The van der Waals surface area contributed by atoms with E-state index in [0.29, 0.717) is 12.2 Å². The van der Waals surface area contributed by atoms with Gasteiger partial charge < -0.3 is 5.32 Å². The van der Waals surface area contributed by atoms with Crippen LogP contribution in [0.5, 0.6) is 0 Å². The fourth-order valence-corrected chi connectivity index (χ4v) is 2.52. The zero-order valence-electron chi connectivity index (χ0n) is 10.0. The highest BCUT2D eigenvalue weighted by molar-refractivity contribution is 7.80. The molecule has 0 spiro atoms. The maximum absolute atomic E-state index is 11.3. The van der Waals surface area contributed by atoms with Crippen LogP contribution in [-0.2, 0) is 24.1 Å². The fourth-order valence-electron chi connectivity index (χ4n) is 2.32. The molecule has 1 aliphatic rings. The second-order valence-electron chi connectivity index (χ2n) is 4.53. The van der Waals surface area contributed by atoms with Crippen molar-refractivity contribution in [3.05, 3.63) is 34.9 Å². The van der Waals surface area contributed by atoms with E-state index in [2.05, 4.69) is 36.1 Å². The largest absolute Gasteiger partial charge is 0.356 e. The summed E-state index contributed by atoms with van der Waals surface area (Å²) in [6.07, 6.45) is 5.17. The highest BCUT2D eigenvalue weighted by Gasteiger charge is 2.10. The van der Waals surface area contributed by atoms with Crippen molar-refractivity contribution in [2.45, 2.75) is 32.1 Å². The molecule has 0 fully saturated rings. The molecule has 92 valence electrons. The summed E-state index contributed by atoms with van der Waals surface area (Å²) in [5.41, 5.74) is 4.34. The Kier molecular flexibility index (Phi) is 4.49. The number of aryl methyl sites for hydroxylation is 2. The predicted octanol–water partition coefficient (Wildman–Crippen LogP) is 2.15. The van der Waals surface area contributed by atoms with Gasteiger partial charge in [-0.15, -0.1) is 0 Å². The van der Waals surface area contributed by atoms with Gasteiger partial charge in [-0.2, -0.15) is 12.6 Å². The number of rotatable bonds is 5. The van der Waals surface area contributed by atoms with Crippen molar-refractivity contribution in [1.29, 1.82) is 0 Å². The number of amides is 1. The van der Waals surface area contributed by atoms with E-state index in [1.807, 2.05) is 0 Å². The highest BCUT2D eigenvalue weighted by atomic mass is 32.1. The lowest BCUT2D eigenvalue weighted by Crippen LogP contribution is -2.25. The molecule has 1 amide bonds. The third-order valence-electron chi connectivity index (χ3n) is 3.24. The van der Waals surface area contributed by atoms with Gasteiger partial charge in [-0.25, -0.2) is 0 Å². The monoisotopic (exact) mass is 249 g/mol.